The maximum Gasteiger partial charge on any atom is 0.243 e. The van der Waals surface area contributed by atoms with Gasteiger partial charge in [0.1, 0.15) is 16.5 Å². The summed E-state index contributed by atoms with van der Waals surface area (Å²) in [6.45, 7) is 4.01. The van der Waals surface area contributed by atoms with Crippen molar-refractivity contribution < 1.29 is 17.2 Å². The van der Waals surface area contributed by atoms with E-state index in [-0.39, 0.29) is 6.54 Å². The number of aryl methyl sites for hydroxylation is 2. The molecular weight excluding hydrogens is 300 g/mol. The number of rotatable bonds is 5. The summed E-state index contributed by atoms with van der Waals surface area (Å²) in [6, 6.07) is 4.16. The van der Waals surface area contributed by atoms with Crippen molar-refractivity contribution in [1.82, 2.24) is 14.5 Å². The minimum atomic E-state index is -4.10. The van der Waals surface area contributed by atoms with Crippen LogP contribution in [-0.2, 0) is 16.6 Å². The van der Waals surface area contributed by atoms with Gasteiger partial charge in [-0.25, -0.2) is 21.9 Å². The smallest absolute Gasteiger partial charge is 0.243 e. The Balaban J connectivity index is 2.08. The molecule has 114 valence electrons. The summed E-state index contributed by atoms with van der Waals surface area (Å²) >= 11 is 0. The van der Waals surface area contributed by atoms with Crippen LogP contribution in [0.25, 0.3) is 0 Å². The van der Waals surface area contributed by atoms with E-state index in [0.29, 0.717) is 12.6 Å². The van der Waals surface area contributed by atoms with Crippen LogP contribution in [0.2, 0.25) is 0 Å². The van der Waals surface area contributed by atoms with E-state index in [1.54, 1.807) is 4.68 Å². The van der Waals surface area contributed by atoms with Crippen LogP contribution >= 0.6 is 0 Å². The molecule has 0 radical (unpaired) electrons. The van der Waals surface area contributed by atoms with Crippen LogP contribution in [0, 0.1) is 25.5 Å². The first-order valence-corrected chi connectivity index (χ1v) is 7.74. The zero-order valence-electron chi connectivity index (χ0n) is 11.6. The summed E-state index contributed by atoms with van der Waals surface area (Å²) in [5.74, 6) is -1.80. The van der Waals surface area contributed by atoms with Crippen LogP contribution in [0.1, 0.15) is 11.4 Å². The predicted molar refractivity (Wildman–Crippen MR) is 73.2 cm³/mol. The van der Waals surface area contributed by atoms with Crippen molar-refractivity contribution in [2.75, 3.05) is 6.54 Å². The lowest BCUT2D eigenvalue weighted by Gasteiger charge is -2.09. The molecular formula is C13H15F2N3O2S. The molecule has 0 spiro atoms. The highest BCUT2D eigenvalue weighted by Gasteiger charge is 2.19. The van der Waals surface area contributed by atoms with Gasteiger partial charge in [-0.05, 0) is 38.1 Å². The molecule has 21 heavy (non-hydrogen) atoms. The molecule has 0 aliphatic heterocycles. The van der Waals surface area contributed by atoms with Gasteiger partial charge >= 0.3 is 0 Å². The molecule has 2 rings (SSSR count). The van der Waals surface area contributed by atoms with Crippen LogP contribution in [0.3, 0.4) is 0 Å². The number of nitrogens with one attached hydrogen (secondary N) is 1. The fourth-order valence-corrected chi connectivity index (χ4v) is 3.06. The third kappa shape index (κ3) is 3.64. The van der Waals surface area contributed by atoms with Crippen LogP contribution in [-0.4, -0.2) is 24.7 Å². The lowest BCUT2D eigenvalue weighted by molar-refractivity contribution is 0.535. The molecule has 0 fully saturated rings. The highest BCUT2D eigenvalue weighted by atomic mass is 32.2. The fourth-order valence-electron chi connectivity index (χ4n) is 1.95. The molecule has 0 saturated heterocycles. The Bertz CT molecular complexity index is 757. The van der Waals surface area contributed by atoms with Crippen molar-refractivity contribution in [1.29, 1.82) is 0 Å². The Morgan fingerprint density at radius 2 is 1.95 bits per heavy atom. The summed E-state index contributed by atoms with van der Waals surface area (Å²) in [7, 11) is -4.10. The average molecular weight is 315 g/mol. The highest BCUT2D eigenvalue weighted by Crippen LogP contribution is 2.15. The molecule has 0 amide bonds. The third-order valence-corrected chi connectivity index (χ3v) is 4.38. The van der Waals surface area contributed by atoms with Crippen molar-refractivity contribution in [3.8, 4) is 0 Å². The second-order valence-corrected chi connectivity index (χ2v) is 6.36. The zero-order chi connectivity index (χ0) is 15.6. The quantitative estimate of drug-likeness (QED) is 0.914. The van der Waals surface area contributed by atoms with E-state index in [0.717, 1.165) is 23.5 Å². The first kappa shape index (κ1) is 15.6. The third-order valence-electron chi connectivity index (χ3n) is 2.90. The maximum absolute atomic E-state index is 13.5. The Morgan fingerprint density at radius 3 is 2.57 bits per heavy atom. The lowest BCUT2D eigenvalue weighted by atomic mass is 10.3. The molecule has 0 unspecified atom stereocenters. The van der Waals surface area contributed by atoms with E-state index >= 15 is 0 Å². The molecule has 2 aromatic rings. The molecule has 0 saturated carbocycles. The minimum Gasteiger partial charge on any atom is -0.268 e. The van der Waals surface area contributed by atoms with E-state index in [9.17, 15) is 17.2 Å². The zero-order valence-corrected chi connectivity index (χ0v) is 12.4. The van der Waals surface area contributed by atoms with E-state index in [2.05, 4.69) is 9.82 Å². The highest BCUT2D eigenvalue weighted by molar-refractivity contribution is 7.89. The van der Waals surface area contributed by atoms with Gasteiger partial charge in [-0.3, -0.25) is 4.68 Å². The van der Waals surface area contributed by atoms with Crippen molar-refractivity contribution in [3.63, 3.8) is 0 Å². The molecule has 0 aliphatic carbocycles. The SMILES string of the molecule is Cc1cc(C)n(CCNS(=O)(=O)c2cc(F)ccc2F)n1. The fraction of sp³-hybridized carbons (Fsp3) is 0.308. The average Bonchev–Trinajstić information content (AvgIpc) is 2.70. The molecule has 0 bridgehead atoms. The second kappa shape index (κ2) is 5.90. The topological polar surface area (TPSA) is 64.0 Å². The van der Waals surface area contributed by atoms with Gasteiger partial charge < -0.3 is 0 Å². The van der Waals surface area contributed by atoms with E-state index < -0.39 is 26.6 Å². The van der Waals surface area contributed by atoms with Gasteiger partial charge in [0.05, 0.1) is 12.2 Å². The molecule has 0 aliphatic rings. The summed E-state index contributed by atoms with van der Waals surface area (Å²) in [6.07, 6.45) is 0. The Hall–Kier alpha value is -1.80. The minimum absolute atomic E-state index is 0.0280. The van der Waals surface area contributed by atoms with Crippen molar-refractivity contribution >= 4 is 10.0 Å². The van der Waals surface area contributed by atoms with Gasteiger partial charge in [0.2, 0.25) is 10.0 Å². The maximum atomic E-state index is 13.5. The van der Waals surface area contributed by atoms with E-state index in [4.69, 9.17) is 0 Å². The Labute approximate surface area is 121 Å². The van der Waals surface area contributed by atoms with Crippen LogP contribution in [0.4, 0.5) is 8.78 Å². The molecule has 5 nitrogen and oxygen atoms in total. The lowest BCUT2D eigenvalue weighted by Crippen LogP contribution is -2.28. The molecule has 1 aromatic carbocycles. The predicted octanol–water partition coefficient (Wildman–Crippen LogP) is 1.76. The molecule has 8 heteroatoms. The number of sulfonamides is 1. The van der Waals surface area contributed by atoms with E-state index in [1.165, 1.54) is 0 Å². The molecule has 1 heterocycles. The Morgan fingerprint density at radius 1 is 1.24 bits per heavy atom. The van der Waals surface area contributed by atoms with Gasteiger partial charge in [0, 0.05) is 12.2 Å². The molecule has 0 atom stereocenters. The van der Waals surface area contributed by atoms with E-state index in [1.807, 2.05) is 19.9 Å². The molecule has 1 N–H and O–H groups in total. The van der Waals surface area contributed by atoms with Crippen LogP contribution in [0.15, 0.2) is 29.2 Å². The van der Waals surface area contributed by atoms with Gasteiger partial charge in [-0.15, -0.1) is 0 Å². The normalized spacial score (nSPS) is 11.8. The van der Waals surface area contributed by atoms with Gasteiger partial charge in [-0.2, -0.15) is 5.10 Å². The monoisotopic (exact) mass is 315 g/mol. The molecule has 1 aromatic heterocycles. The van der Waals surface area contributed by atoms with Gasteiger partial charge in [0.15, 0.2) is 0 Å². The van der Waals surface area contributed by atoms with Gasteiger partial charge in [-0.1, -0.05) is 0 Å². The summed E-state index contributed by atoms with van der Waals surface area (Å²) < 4.78 is 54.3. The number of nitrogens with zero attached hydrogens (tertiary/aromatic N) is 2. The number of aromatic nitrogens is 2. The number of hydrogen-bond donors (Lipinski definition) is 1. The summed E-state index contributed by atoms with van der Waals surface area (Å²) in [4.78, 5) is -0.698. The van der Waals surface area contributed by atoms with Gasteiger partial charge in [0.25, 0.3) is 0 Å². The Kier molecular flexibility index (Phi) is 4.38. The number of halogens is 2. The number of hydrogen-bond acceptors (Lipinski definition) is 3. The number of benzene rings is 1. The van der Waals surface area contributed by atoms with Crippen molar-refractivity contribution in [3.05, 3.63) is 47.3 Å². The summed E-state index contributed by atoms with van der Waals surface area (Å²) in [5.41, 5.74) is 1.72. The second-order valence-electron chi connectivity index (χ2n) is 4.62. The summed E-state index contributed by atoms with van der Waals surface area (Å²) in [5, 5.41) is 4.18. The van der Waals surface area contributed by atoms with Crippen LogP contribution in [0.5, 0.6) is 0 Å². The van der Waals surface area contributed by atoms with Crippen LogP contribution < -0.4 is 4.72 Å². The van der Waals surface area contributed by atoms with Crippen molar-refractivity contribution in [2.45, 2.75) is 25.3 Å². The first-order chi connectivity index (χ1) is 9.79. The standard InChI is InChI=1S/C13H15F2N3O2S/c1-9-7-10(2)18(17-9)6-5-16-21(19,20)13-8-11(14)3-4-12(13)15/h3-4,7-8,16H,5-6H2,1-2H3. The first-order valence-electron chi connectivity index (χ1n) is 6.25. The largest absolute Gasteiger partial charge is 0.268 e. The van der Waals surface area contributed by atoms with Crippen molar-refractivity contribution in [2.24, 2.45) is 0 Å².